The normalized spacial score (nSPS) is 12.5. The van der Waals surface area contributed by atoms with Crippen LogP contribution < -0.4 is 9.75 Å². The molecule has 0 bridgehead atoms. The molecule has 0 spiro atoms. The van der Waals surface area contributed by atoms with Gasteiger partial charge in [-0.1, -0.05) is 94.5 Å². The standard InChI is InChI=1S/C32H40NSi/c1-22(2)26-19-23(3)24(4)30(21-26)31-29-16-15-28(20-25(29)17-18-33(31)7)34(8,9)32(5,6)27-13-11-10-12-14-27/h10-22H,1-9H3/q+1. The molecule has 0 saturated carbocycles. The third-order valence-corrected chi connectivity index (χ3v) is 13.7. The van der Waals surface area contributed by atoms with Crippen LogP contribution in [0.3, 0.4) is 0 Å². The van der Waals surface area contributed by atoms with E-state index in [-0.39, 0.29) is 5.04 Å². The van der Waals surface area contributed by atoms with Gasteiger partial charge in [-0.15, -0.1) is 0 Å². The average molecular weight is 467 g/mol. The van der Waals surface area contributed by atoms with Gasteiger partial charge in [0, 0.05) is 6.07 Å². The number of nitrogens with zero attached hydrogens (tertiary/aromatic N) is 1. The molecular weight excluding hydrogens is 426 g/mol. The van der Waals surface area contributed by atoms with E-state index in [0.717, 1.165) is 0 Å². The van der Waals surface area contributed by atoms with E-state index in [1.807, 2.05) is 0 Å². The zero-order valence-corrected chi connectivity index (χ0v) is 23.5. The van der Waals surface area contributed by atoms with Crippen molar-refractivity contribution in [3.8, 4) is 11.3 Å². The highest BCUT2D eigenvalue weighted by Gasteiger charge is 2.41. The summed E-state index contributed by atoms with van der Waals surface area (Å²) in [5, 5.41) is 4.31. The van der Waals surface area contributed by atoms with Crippen molar-refractivity contribution in [1.29, 1.82) is 0 Å². The van der Waals surface area contributed by atoms with E-state index in [1.165, 1.54) is 49.5 Å². The average Bonchev–Trinajstić information content (AvgIpc) is 2.81. The van der Waals surface area contributed by atoms with Crippen molar-refractivity contribution in [3.63, 3.8) is 0 Å². The quantitative estimate of drug-likeness (QED) is 0.212. The summed E-state index contributed by atoms with van der Waals surface area (Å²) in [7, 11) is 0.351. The zero-order chi connectivity index (χ0) is 24.8. The lowest BCUT2D eigenvalue weighted by Gasteiger charge is -2.41. The summed E-state index contributed by atoms with van der Waals surface area (Å²) in [6.07, 6.45) is 2.23. The molecule has 0 amide bonds. The highest BCUT2D eigenvalue weighted by molar-refractivity contribution is 6.92. The molecule has 4 rings (SSSR count). The molecule has 0 atom stereocenters. The van der Waals surface area contributed by atoms with Crippen molar-refractivity contribution in [2.45, 2.75) is 65.6 Å². The minimum Gasteiger partial charge on any atom is -0.200 e. The van der Waals surface area contributed by atoms with Gasteiger partial charge in [0.15, 0.2) is 6.20 Å². The lowest BCUT2D eigenvalue weighted by molar-refractivity contribution is -0.659. The highest BCUT2D eigenvalue weighted by Crippen LogP contribution is 2.36. The molecule has 0 aliphatic carbocycles. The summed E-state index contributed by atoms with van der Waals surface area (Å²) in [6, 6.07) is 25.4. The van der Waals surface area contributed by atoms with Crippen molar-refractivity contribution in [2.24, 2.45) is 7.05 Å². The molecule has 2 heteroatoms. The van der Waals surface area contributed by atoms with Crippen molar-refractivity contribution in [2.75, 3.05) is 0 Å². The van der Waals surface area contributed by atoms with E-state index >= 15 is 0 Å². The molecule has 1 nitrogen and oxygen atoms in total. The van der Waals surface area contributed by atoms with Gasteiger partial charge >= 0.3 is 0 Å². The van der Waals surface area contributed by atoms with Crippen LogP contribution in [0.4, 0.5) is 0 Å². The second kappa shape index (κ2) is 8.81. The third-order valence-electron chi connectivity index (χ3n) is 8.53. The first-order valence-electron chi connectivity index (χ1n) is 12.5. The highest BCUT2D eigenvalue weighted by atomic mass is 28.3. The van der Waals surface area contributed by atoms with Crippen LogP contribution in [0.1, 0.15) is 55.9 Å². The van der Waals surface area contributed by atoms with Crippen LogP contribution in [0.5, 0.6) is 0 Å². The summed E-state index contributed by atoms with van der Waals surface area (Å²) in [5.74, 6) is 0.511. The third kappa shape index (κ3) is 4.03. The fourth-order valence-electron chi connectivity index (χ4n) is 5.14. The van der Waals surface area contributed by atoms with E-state index in [1.54, 1.807) is 0 Å². The largest absolute Gasteiger partial charge is 0.220 e. The molecular formula is C32H40NSi+. The first-order chi connectivity index (χ1) is 15.9. The zero-order valence-electron chi connectivity index (χ0n) is 22.5. The van der Waals surface area contributed by atoms with E-state index in [9.17, 15) is 0 Å². The van der Waals surface area contributed by atoms with Crippen LogP contribution in [-0.4, -0.2) is 8.07 Å². The maximum absolute atomic E-state index is 2.52. The molecule has 0 radical (unpaired) electrons. The number of hydrogen-bond donors (Lipinski definition) is 0. The van der Waals surface area contributed by atoms with Crippen LogP contribution in [0.25, 0.3) is 22.0 Å². The van der Waals surface area contributed by atoms with Crippen molar-refractivity contribution in [1.82, 2.24) is 0 Å². The van der Waals surface area contributed by atoms with Crippen LogP contribution in [0, 0.1) is 13.8 Å². The van der Waals surface area contributed by atoms with Crippen LogP contribution in [0.15, 0.2) is 72.9 Å². The molecule has 176 valence electrons. The van der Waals surface area contributed by atoms with Gasteiger partial charge < -0.3 is 0 Å². The Balaban J connectivity index is 1.90. The first kappa shape index (κ1) is 24.4. The minimum absolute atomic E-state index is 0.128. The van der Waals surface area contributed by atoms with Gasteiger partial charge in [0.05, 0.1) is 19.0 Å². The molecule has 1 heterocycles. The number of aryl methyl sites for hydroxylation is 2. The second-order valence-electron chi connectivity index (χ2n) is 11.4. The van der Waals surface area contributed by atoms with Gasteiger partial charge in [0.2, 0.25) is 5.69 Å². The lowest BCUT2D eigenvalue weighted by atomic mass is 9.91. The predicted molar refractivity (Wildman–Crippen MR) is 151 cm³/mol. The smallest absolute Gasteiger partial charge is 0.200 e. The van der Waals surface area contributed by atoms with Crippen LogP contribution in [0.2, 0.25) is 13.1 Å². The molecule has 0 unspecified atom stereocenters. The maximum atomic E-state index is 2.52. The van der Waals surface area contributed by atoms with Crippen molar-refractivity contribution >= 4 is 24.0 Å². The number of hydrogen-bond acceptors (Lipinski definition) is 0. The Morgan fingerprint density at radius 1 is 0.853 bits per heavy atom. The molecule has 1 aromatic heterocycles. The van der Waals surface area contributed by atoms with Gasteiger partial charge in [0.25, 0.3) is 0 Å². The molecule has 0 saturated heterocycles. The van der Waals surface area contributed by atoms with Gasteiger partial charge in [-0.05, 0) is 64.6 Å². The number of pyridine rings is 1. The Morgan fingerprint density at radius 3 is 2.18 bits per heavy atom. The Morgan fingerprint density at radius 2 is 1.53 bits per heavy atom. The first-order valence-corrected chi connectivity index (χ1v) is 15.5. The second-order valence-corrected chi connectivity index (χ2v) is 16.4. The van der Waals surface area contributed by atoms with Gasteiger partial charge in [-0.3, -0.25) is 0 Å². The van der Waals surface area contributed by atoms with Crippen molar-refractivity contribution < 1.29 is 4.57 Å². The Kier molecular flexibility index (Phi) is 6.33. The molecule has 4 aromatic rings. The number of fused-ring (bicyclic) bond motifs is 1. The monoisotopic (exact) mass is 466 g/mol. The maximum Gasteiger partial charge on any atom is 0.220 e. The van der Waals surface area contributed by atoms with Gasteiger partial charge in [0.1, 0.15) is 7.05 Å². The molecule has 3 aromatic carbocycles. The fraction of sp³-hybridized carbons (Fsp3) is 0.344. The Labute approximate surface area is 207 Å². The summed E-state index contributed by atoms with van der Waals surface area (Å²) in [6.45, 7) is 19.0. The van der Waals surface area contributed by atoms with Gasteiger partial charge in [-0.25, -0.2) is 4.57 Å². The Hall–Kier alpha value is -2.71. The topological polar surface area (TPSA) is 3.88 Å². The van der Waals surface area contributed by atoms with E-state index in [0.29, 0.717) is 5.92 Å². The molecule has 0 aliphatic rings. The lowest BCUT2D eigenvalue weighted by Crippen LogP contribution is -2.57. The molecule has 34 heavy (non-hydrogen) atoms. The predicted octanol–water partition coefficient (Wildman–Crippen LogP) is 7.50. The summed E-state index contributed by atoms with van der Waals surface area (Å²) in [5.41, 5.74) is 8.25. The molecule has 0 N–H and O–H groups in total. The molecule has 0 fully saturated rings. The summed E-state index contributed by atoms with van der Waals surface area (Å²) in [4.78, 5) is 0. The van der Waals surface area contributed by atoms with E-state index in [2.05, 4.69) is 139 Å². The number of rotatable bonds is 5. The van der Waals surface area contributed by atoms with Crippen molar-refractivity contribution in [3.05, 3.63) is 95.2 Å². The fourth-order valence-corrected chi connectivity index (χ4v) is 7.77. The SMILES string of the molecule is Cc1cc(C(C)C)cc(-c2c3ccc([Si](C)(C)C(C)(C)c4ccccc4)cc3cc[n+]2C)c1C. The number of benzene rings is 3. The Bertz CT molecular complexity index is 1350. The summed E-state index contributed by atoms with van der Waals surface area (Å²) < 4.78 is 2.30. The van der Waals surface area contributed by atoms with Crippen LogP contribution in [-0.2, 0) is 12.1 Å². The van der Waals surface area contributed by atoms with Gasteiger partial charge in [-0.2, -0.15) is 0 Å². The molecule has 0 aliphatic heterocycles. The van der Waals surface area contributed by atoms with Crippen LogP contribution >= 0.6 is 0 Å². The van der Waals surface area contributed by atoms with E-state index < -0.39 is 8.07 Å². The summed E-state index contributed by atoms with van der Waals surface area (Å²) >= 11 is 0. The number of aromatic nitrogens is 1. The minimum atomic E-state index is -1.83. The van der Waals surface area contributed by atoms with E-state index in [4.69, 9.17) is 0 Å².